The molecule has 0 fully saturated rings. The van der Waals surface area contributed by atoms with E-state index in [2.05, 4.69) is 21.4 Å². The van der Waals surface area contributed by atoms with Gasteiger partial charge in [0.2, 0.25) is 0 Å². The van der Waals surface area contributed by atoms with E-state index in [-0.39, 0.29) is 0 Å². The molecule has 1 amide bonds. The third-order valence-corrected chi connectivity index (χ3v) is 2.39. The zero-order chi connectivity index (χ0) is 17.5. The highest BCUT2D eigenvalue weighted by molar-refractivity contribution is 5.89. The van der Waals surface area contributed by atoms with Crippen molar-refractivity contribution in [3.8, 4) is 0 Å². The molecule has 0 heterocycles. The summed E-state index contributed by atoms with van der Waals surface area (Å²) in [5.41, 5.74) is -0.313. The molecule has 7 heteroatoms. The standard InChI is InChI=1S/C16H19NO6/c1-5-21-15(20)22-13(18)12(11-9-7-6-8-10-11)17-14(19)23-16(2,3)4/h5-10,12H,1H2,2-4H3,(H,17,19). The minimum atomic E-state index is -1.24. The van der Waals surface area contributed by atoms with Crippen LogP contribution in [0.15, 0.2) is 43.2 Å². The van der Waals surface area contributed by atoms with Crippen LogP contribution in [0, 0.1) is 0 Å². The van der Waals surface area contributed by atoms with Crippen LogP contribution < -0.4 is 5.32 Å². The van der Waals surface area contributed by atoms with Crippen molar-refractivity contribution in [3.05, 3.63) is 48.7 Å². The molecule has 23 heavy (non-hydrogen) atoms. The third kappa shape index (κ3) is 6.64. The van der Waals surface area contributed by atoms with E-state index in [0.717, 1.165) is 6.26 Å². The summed E-state index contributed by atoms with van der Waals surface area (Å²) in [5.74, 6) is -1.01. The number of carbonyl (C=O) groups excluding carboxylic acids is 3. The first kappa shape index (κ1) is 18.2. The quantitative estimate of drug-likeness (QED) is 0.520. The summed E-state index contributed by atoms with van der Waals surface area (Å²) in [4.78, 5) is 35.2. The van der Waals surface area contributed by atoms with E-state index in [9.17, 15) is 14.4 Å². The Morgan fingerprint density at radius 1 is 1.17 bits per heavy atom. The van der Waals surface area contributed by atoms with Crippen LogP contribution >= 0.6 is 0 Å². The molecule has 0 aliphatic heterocycles. The monoisotopic (exact) mass is 321 g/mol. The Hall–Kier alpha value is -2.83. The number of carbonyl (C=O) groups is 3. The predicted octanol–water partition coefficient (Wildman–Crippen LogP) is 3.08. The molecule has 0 spiro atoms. The molecule has 0 saturated heterocycles. The minimum absolute atomic E-state index is 0.426. The number of hydrogen-bond donors (Lipinski definition) is 1. The van der Waals surface area contributed by atoms with Gasteiger partial charge in [0.05, 0.1) is 6.26 Å². The maximum atomic E-state index is 12.1. The molecule has 0 saturated carbocycles. The van der Waals surface area contributed by atoms with Crippen molar-refractivity contribution in [2.75, 3.05) is 0 Å². The van der Waals surface area contributed by atoms with Crippen molar-refractivity contribution in [1.82, 2.24) is 5.32 Å². The molecule has 0 bridgehead atoms. The summed E-state index contributed by atoms with van der Waals surface area (Å²) in [6.07, 6.45) is -1.23. The lowest BCUT2D eigenvalue weighted by molar-refractivity contribution is -0.141. The number of esters is 1. The maximum Gasteiger partial charge on any atom is 0.521 e. The molecule has 0 aliphatic rings. The number of rotatable bonds is 4. The normalized spacial score (nSPS) is 11.8. The van der Waals surface area contributed by atoms with Gasteiger partial charge in [0.1, 0.15) is 5.60 Å². The minimum Gasteiger partial charge on any atom is -0.444 e. The Balaban J connectivity index is 2.90. The topological polar surface area (TPSA) is 90.9 Å². The second-order valence-electron chi connectivity index (χ2n) is 5.45. The highest BCUT2D eigenvalue weighted by Crippen LogP contribution is 2.16. The molecular formula is C16H19NO6. The van der Waals surface area contributed by atoms with E-state index in [1.54, 1.807) is 51.1 Å². The Kier molecular flexibility index (Phi) is 6.32. The Morgan fingerprint density at radius 2 is 1.78 bits per heavy atom. The summed E-state index contributed by atoms with van der Waals surface area (Å²) in [6, 6.07) is 7.07. The van der Waals surface area contributed by atoms with Gasteiger partial charge in [-0.15, -0.1) is 0 Å². The fourth-order valence-corrected chi connectivity index (χ4v) is 1.58. The number of alkyl carbamates (subject to hydrolysis) is 1. The van der Waals surface area contributed by atoms with Crippen molar-refractivity contribution in [3.63, 3.8) is 0 Å². The number of ether oxygens (including phenoxy) is 3. The van der Waals surface area contributed by atoms with Gasteiger partial charge in [-0.25, -0.2) is 14.4 Å². The van der Waals surface area contributed by atoms with E-state index < -0.39 is 29.9 Å². The molecule has 0 radical (unpaired) electrons. The summed E-state index contributed by atoms with van der Waals surface area (Å²) >= 11 is 0. The first-order chi connectivity index (χ1) is 10.7. The Morgan fingerprint density at radius 3 is 2.30 bits per heavy atom. The van der Waals surface area contributed by atoms with E-state index >= 15 is 0 Å². The van der Waals surface area contributed by atoms with Crippen molar-refractivity contribution in [2.24, 2.45) is 0 Å². The van der Waals surface area contributed by atoms with Gasteiger partial charge < -0.3 is 19.5 Å². The lowest BCUT2D eigenvalue weighted by atomic mass is 10.1. The van der Waals surface area contributed by atoms with E-state index in [1.807, 2.05) is 0 Å². The molecule has 124 valence electrons. The van der Waals surface area contributed by atoms with Crippen LogP contribution in [0.25, 0.3) is 0 Å². The number of nitrogens with one attached hydrogen (secondary N) is 1. The first-order valence-electron chi connectivity index (χ1n) is 6.80. The maximum absolute atomic E-state index is 12.1. The fourth-order valence-electron chi connectivity index (χ4n) is 1.58. The summed E-state index contributed by atoms with van der Waals surface area (Å²) in [6.45, 7) is 8.23. The molecule has 0 aliphatic carbocycles. The zero-order valence-electron chi connectivity index (χ0n) is 13.2. The average Bonchev–Trinajstić information content (AvgIpc) is 2.44. The predicted molar refractivity (Wildman–Crippen MR) is 81.3 cm³/mol. The summed E-state index contributed by atoms with van der Waals surface area (Å²) in [5, 5.41) is 2.37. The van der Waals surface area contributed by atoms with Gasteiger partial charge in [-0.3, -0.25) is 0 Å². The molecule has 1 N–H and O–H groups in total. The van der Waals surface area contributed by atoms with Gasteiger partial charge in [-0.1, -0.05) is 36.9 Å². The summed E-state index contributed by atoms with van der Waals surface area (Å²) in [7, 11) is 0. The van der Waals surface area contributed by atoms with Gasteiger partial charge in [0, 0.05) is 0 Å². The van der Waals surface area contributed by atoms with E-state index in [1.165, 1.54) is 0 Å². The van der Waals surface area contributed by atoms with Crippen molar-refractivity contribution >= 4 is 18.2 Å². The van der Waals surface area contributed by atoms with Crippen LogP contribution in [-0.2, 0) is 19.0 Å². The SMILES string of the molecule is C=COC(=O)OC(=O)C(NC(=O)OC(C)(C)C)c1ccccc1. The lowest BCUT2D eigenvalue weighted by Crippen LogP contribution is -2.39. The number of amides is 1. The molecule has 1 aromatic rings. The largest absolute Gasteiger partial charge is 0.521 e. The highest BCUT2D eigenvalue weighted by Gasteiger charge is 2.29. The van der Waals surface area contributed by atoms with Crippen molar-refractivity contribution < 1.29 is 28.6 Å². The van der Waals surface area contributed by atoms with Gasteiger partial charge in [-0.05, 0) is 26.3 Å². The first-order valence-corrected chi connectivity index (χ1v) is 6.80. The molecule has 0 aromatic heterocycles. The van der Waals surface area contributed by atoms with Crippen LogP contribution in [0.1, 0.15) is 32.4 Å². The van der Waals surface area contributed by atoms with Crippen LogP contribution in [0.2, 0.25) is 0 Å². The van der Waals surface area contributed by atoms with Crippen LogP contribution in [0.3, 0.4) is 0 Å². The van der Waals surface area contributed by atoms with Gasteiger partial charge in [0.15, 0.2) is 6.04 Å². The van der Waals surface area contributed by atoms with Crippen molar-refractivity contribution in [2.45, 2.75) is 32.4 Å². The smallest absolute Gasteiger partial charge is 0.444 e. The number of hydrogen-bond acceptors (Lipinski definition) is 6. The van der Waals surface area contributed by atoms with Gasteiger partial charge >= 0.3 is 18.2 Å². The lowest BCUT2D eigenvalue weighted by Gasteiger charge is -2.22. The fraction of sp³-hybridized carbons (Fsp3) is 0.312. The Labute approximate surface area is 134 Å². The van der Waals surface area contributed by atoms with E-state index in [4.69, 9.17) is 4.74 Å². The molecule has 1 aromatic carbocycles. The zero-order valence-corrected chi connectivity index (χ0v) is 13.2. The second-order valence-corrected chi connectivity index (χ2v) is 5.45. The van der Waals surface area contributed by atoms with Crippen molar-refractivity contribution in [1.29, 1.82) is 0 Å². The second kappa shape index (κ2) is 7.98. The molecule has 1 atom stereocenters. The molecule has 1 unspecified atom stereocenters. The molecular weight excluding hydrogens is 302 g/mol. The van der Waals surface area contributed by atoms with Gasteiger partial charge in [-0.2, -0.15) is 0 Å². The third-order valence-electron chi connectivity index (χ3n) is 2.39. The van der Waals surface area contributed by atoms with Crippen LogP contribution in [-0.4, -0.2) is 23.8 Å². The van der Waals surface area contributed by atoms with Gasteiger partial charge in [0.25, 0.3) is 0 Å². The highest BCUT2D eigenvalue weighted by atomic mass is 16.7. The number of benzene rings is 1. The Bertz CT molecular complexity index is 576. The molecule has 1 rings (SSSR count). The van der Waals surface area contributed by atoms with E-state index in [0.29, 0.717) is 5.56 Å². The van der Waals surface area contributed by atoms with Crippen LogP contribution in [0.4, 0.5) is 9.59 Å². The average molecular weight is 321 g/mol. The summed E-state index contributed by atoms with van der Waals surface area (Å²) < 4.78 is 13.9. The molecule has 7 nitrogen and oxygen atoms in total. The van der Waals surface area contributed by atoms with Crippen LogP contribution in [0.5, 0.6) is 0 Å².